The van der Waals surface area contributed by atoms with E-state index in [1.807, 2.05) is 0 Å². The molecule has 1 amide bonds. The molecule has 0 aliphatic carbocycles. The summed E-state index contributed by atoms with van der Waals surface area (Å²) < 4.78 is 29.0. The van der Waals surface area contributed by atoms with Crippen molar-refractivity contribution in [2.24, 2.45) is 0 Å². The van der Waals surface area contributed by atoms with Gasteiger partial charge in [-0.3, -0.25) is 4.79 Å². The van der Waals surface area contributed by atoms with Gasteiger partial charge in [-0.25, -0.2) is 4.98 Å². The highest BCUT2D eigenvalue weighted by Crippen LogP contribution is 2.24. The maximum atomic E-state index is 12.3. The van der Waals surface area contributed by atoms with Crippen molar-refractivity contribution in [3.8, 4) is 5.75 Å². The molecule has 2 aromatic rings. The van der Waals surface area contributed by atoms with E-state index in [0.29, 0.717) is 5.69 Å². The molecule has 0 saturated carbocycles. The summed E-state index contributed by atoms with van der Waals surface area (Å²) in [6.45, 7) is -1.23. The normalized spacial score (nSPS) is 10.5. The summed E-state index contributed by atoms with van der Waals surface area (Å²) >= 11 is 5.87. The van der Waals surface area contributed by atoms with E-state index in [1.54, 1.807) is 25.3 Å². The van der Waals surface area contributed by atoms with E-state index in [1.165, 1.54) is 18.2 Å². The van der Waals surface area contributed by atoms with Crippen molar-refractivity contribution in [2.75, 3.05) is 5.32 Å². The minimum atomic E-state index is -3.01. The van der Waals surface area contributed by atoms with Gasteiger partial charge in [-0.05, 0) is 30.7 Å². The van der Waals surface area contributed by atoms with Crippen molar-refractivity contribution in [3.63, 3.8) is 0 Å². The molecule has 0 spiro atoms. The van der Waals surface area contributed by atoms with Gasteiger partial charge < -0.3 is 10.1 Å². The Morgan fingerprint density at radius 1 is 1.38 bits per heavy atom. The number of amides is 1. The third-order valence-electron chi connectivity index (χ3n) is 2.57. The number of aryl methyl sites for hydroxylation is 1. The van der Waals surface area contributed by atoms with Crippen molar-refractivity contribution in [1.29, 1.82) is 0 Å². The maximum Gasteiger partial charge on any atom is 0.387 e. The van der Waals surface area contributed by atoms with Crippen molar-refractivity contribution in [2.45, 2.75) is 13.5 Å². The average Bonchev–Trinajstić information content (AvgIpc) is 2.42. The van der Waals surface area contributed by atoms with Gasteiger partial charge in [0.25, 0.3) is 5.91 Å². The predicted molar refractivity (Wildman–Crippen MR) is 75.0 cm³/mol. The van der Waals surface area contributed by atoms with Gasteiger partial charge in [-0.2, -0.15) is 8.78 Å². The molecule has 7 heteroatoms. The number of carbonyl (C=O) groups excluding carboxylic acids is 1. The molecule has 4 nitrogen and oxygen atoms in total. The second-order valence-electron chi connectivity index (χ2n) is 4.18. The summed E-state index contributed by atoms with van der Waals surface area (Å²) in [4.78, 5) is 16.1. The third kappa shape index (κ3) is 3.88. The van der Waals surface area contributed by atoms with Crippen molar-refractivity contribution >= 4 is 23.2 Å². The molecule has 1 aromatic carbocycles. The first-order valence-electron chi connectivity index (χ1n) is 5.94. The largest absolute Gasteiger partial charge is 0.434 e. The first-order valence-corrected chi connectivity index (χ1v) is 6.32. The topological polar surface area (TPSA) is 51.2 Å². The summed E-state index contributed by atoms with van der Waals surface area (Å²) in [7, 11) is 0. The molecule has 0 aliphatic heterocycles. The van der Waals surface area contributed by atoms with Gasteiger partial charge >= 0.3 is 6.61 Å². The Hall–Kier alpha value is -2.21. The number of rotatable bonds is 4. The van der Waals surface area contributed by atoms with Crippen LogP contribution in [0.4, 0.5) is 14.5 Å². The molecule has 2 rings (SSSR count). The number of hydrogen-bond donors (Lipinski definition) is 1. The lowest BCUT2D eigenvalue weighted by Crippen LogP contribution is -2.15. The van der Waals surface area contributed by atoms with E-state index >= 15 is 0 Å². The van der Waals surface area contributed by atoms with Crippen LogP contribution in [0.3, 0.4) is 0 Å². The smallest absolute Gasteiger partial charge is 0.387 e. The van der Waals surface area contributed by atoms with Gasteiger partial charge in [0.15, 0.2) is 5.15 Å². The fourth-order valence-corrected chi connectivity index (χ4v) is 1.83. The summed E-state index contributed by atoms with van der Waals surface area (Å²) in [5, 5.41) is 2.63. The number of ether oxygens (including phenoxy) is 1. The van der Waals surface area contributed by atoms with Crippen LogP contribution in [0.15, 0.2) is 36.5 Å². The Balaban J connectivity index is 2.26. The lowest BCUT2D eigenvalue weighted by Gasteiger charge is -2.11. The highest BCUT2D eigenvalue weighted by atomic mass is 35.5. The van der Waals surface area contributed by atoms with Crippen molar-refractivity contribution in [1.82, 2.24) is 4.98 Å². The van der Waals surface area contributed by atoms with E-state index in [2.05, 4.69) is 15.0 Å². The number of pyridine rings is 1. The fourth-order valence-electron chi connectivity index (χ4n) is 1.68. The van der Waals surface area contributed by atoms with Crippen LogP contribution in [-0.2, 0) is 0 Å². The van der Waals surface area contributed by atoms with Crippen LogP contribution in [0.1, 0.15) is 15.9 Å². The molecule has 21 heavy (non-hydrogen) atoms. The highest BCUT2D eigenvalue weighted by Gasteiger charge is 2.16. The summed E-state index contributed by atoms with van der Waals surface area (Å²) in [5.41, 5.74) is 1.08. The van der Waals surface area contributed by atoms with E-state index < -0.39 is 12.5 Å². The van der Waals surface area contributed by atoms with Crippen LogP contribution in [-0.4, -0.2) is 17.5 Å². The number of alkyl halides is 2. The third-order valence-corrected chi connectivity index (χ3v) is 2.87. The zero-order chi connectivity index (χ0) is 15.4. The van der Waals surface area contributed by atoms with Gasteiger partial charge in [-0.15, -0.1) is 0 Å². The zero-order valence-electron chi connectivity index (χ0n) is 10.9. The number of para-hydroxylation sites is 1. The molecular formula is C14H11ClF2N2O2. The number of nitrogens with one attached hydrogen (secondary N) is 1. The number of aromatic nitrogens is 1. The highest BCUT2D eigenvalue weighted by molar-refractivity contribution is 6.32. The quantitative estimate of drug-likeness (QED) is 0.871. The van der Waals surface area contributed by atoms with Gasteiger partial charge in [0.05, 0.1) is 11.3 Å². The number of halogens is 3. The molecular weight excluding hydrogens is 302 g/mol. The number of anilines is 1. The average molecular weight is 313 g/mol. The Morgan fingerprint density at radius 3 is 2.81 bits per heavy atom. The van der Waals surface area contributed by atoms with Gasteiger partial charge in [-0.1, -0.05) is 23.7 Å². The van der Waals surface area contributed by atoms with Crippen LogP contribution in [0.25, 0.3) is 0 Å². The molecule has 1 heterocycles. The lowest BCUT2D eigenvalue weighted by molar-refractivity contribution is -0.0501. The number of hydrogen-bond acceptors (Lipinski definition) is 3. The molecule has 0 unspecified atom stereocenters. The molecule has 0 atom stereocenters. The SMILES string of the molecule is Cc1cnc(Cl)c(NC(=O)c2ccccc2OC(F)F)c1. The lowest BCUT2D eigenvalue weighted by atomic mass is 10.2. The monoisotopic (exact) mass is 312 g/mol. The second-order valence-corrected chi connectivity index (χ2v) is 4.54. The van der Waals surface area contributed by atoms with E-state index in [-0.39, 0.29) is 16.5 Å². The van der Waals surface area contributed by atoms with Crippen LogP contribution in [0.2, 0.25) is 5.15 Å². The molecule has 1 N–H and O–H groups in total. The van der Waals surface area contributed by atoms with Crippen molar-refractivity contribution < 1.29 is 18.3 Å². The minimum Gasteiger partial charge on any atom is -0.434 e. The molecule has 0 radical (unpaired) electrons. The molecule has 0 bridgehead atoms. The van der Waals surface area contributed by atoms with E-state index in [4.69, 9.17) is 11.6 Å². The Labute approximate surface area is 124 Å². The van der Waals surface area contributed by atoms with Crippen LogP contribution >= 0.6 is 11.6 Å². The van der Waals surface area contributed by atoms with Crippen LogP contribution < -0.4 is 10.1 Å². The number of carbonyl (C=O) groups is 1. The first-order chi connectivity index (χ1) is 9.97. The van der Waals surface area contributed by atoms with Crippen LogP contribution in [0.5, 0.6) is 5.75 Å². The predicted octanol–water partition coefficient (Wildman–Crippen LogP) is 3.90. The fraction of sp³-hybridized carbons (Fsp3) is 0.143. The minimum absolute atomic E-state index is 0.0182. The Bertz CT molecular complexity index is 665. The molecule has 0 saturated heterocycles. The van der Waals surface area contributed by atoms with E-state index in [0.717, 1.165) is 5.56 Å². The number of nitrogens with zero attached hydrogens (tertiary/aromatic N) is 1. The summed E-state index contributed by atoms with van der Waals surface area (Å²) in [6.07, 6.45) is 1.55. The zero-order valence-corrected chi connectivity index (χ0v) is 11.7. The van der Waals surface area contributed by atoms with Crippen molar-refractivity contribution in [3.05, 3.63) is 52.8 Å². The van der Waals surface area contributed by atoms with E-state index in [9.17, 15) is 13.6 Å². The maximum absolute atomic E-state index is 12.3. The van der Waals surface area contributed by atoms with Gasteiger partial charge in [0, 0.05) is 6.20 Å². The molecule has 0 fully saturated rings. The molecule has 0 aliphatic rings. The summed E-state index contributed by atoms with van der Waals surface area (Å²) in [5.74, 6) is -0.817. The Morgan fingerprint density at radius 2 is 2.10 bits per heavy atom. The number of benzene rings is 1. The first kappa shape index (κ1) is 15.2. The summed E-state index contributed by atoms with van der Waals surface area (Å²) in [6, 6.07) is 7.34. The van der Waals surface area contributed by atoms with Gasteiger partial charge in [0.1, 0.15) is 5.75 Å². The molecule has 1 aromatic heterocycles. The van der Waals surface area contributed by atoms with Crippen LogP contribution in [0, 0.1) is 6.92 Å². The van der Waals surface area contributed by atoms with Gasteiger partial charge in [0.2, 0.25) is 0 Å². The molecule has 110 valence electrons. The second kappa shape index (κ2) is 6.49. The Kier molecular flexibility index (Phi) is 4.70. The standard InChI is InChI=1S/C14H11ClF2N2O2/c1-8-6-10(12(15)18-7-8)19-13(20)9-4-2-3-5-11(9)21-14(16)17/h2-7,14H,1H3,(H,19,20).